The lowest BCUT2D eigenvalue weighted by molar-refractivity contribution is -0.116. The average Bonchev–Trinajstić information content (AvgIpc) is 3.11. The molecule has 0 radical (unpaired) electrons. The number of carbonyl (C=O) groups is 2. The number of Topliss-reactive ketones (excluding diaryl/α,β-unsaturated/α-hetero) is 1. The molecule has 1 aliphatic heterocycles. The van der Waals surface area contributed by atoms with Crippen molar-refractivity contribution in [3.05, 3.63) is 59.2 Å². The van der Waals surface area contributed by atoms with Gasteiger partial charge >= 0.3 is 0 Å². The number of thioether (sulfide) groups is 1. The number of rotatable bonds is 5. The maximum atomic E-state index is 12.7. The fourth-order valence-electron chi connectivity index (χ4n) is 3.58. The van der Waals surface area contributed by atoms with Gasteiger partial charge in [-0.15, -0.1) is 10.2 Å². The van der Waals surface area contributed by atoms with Crippen molar-refractivity contribution in [2.45, 2.75) is 44.2 Å². The van der Waals surface area contributed by atoms with Crippen molar-refractivity contribution in [2.24, 2.45) is 7.05 Å². The van der Waals surface area contributed by atoms with Crippen LogP contribution in [0.2, 0.25) is 0 Å². The van der Waals surface area contributed by atoms with Crippen molar-refractivity contribution in [3.63, 3.8) is 0 Å². The van der Waals surface area contributed by atoms with Crippen molar-refractivity contribution >= 4 is 29.1 Å². The summed E-state index contributed by atoms with van der Waals surface area (Å²) in [6, 6.07) is 13.8. The Kier molecular flexibility index (Phi) is 5.71. The second-order valence-corrected chi connectivity index (χ2v) is 9.77. The highest BCUT2D eigenvalue weighted by molar-refractivity contribution is 7.99. The lowest BCUT2D eigenvalue weighted by Crippen LogP contribution is -2.19. The van der Waals surface area contributed by atoms with Crippen LogP contribution < -0.4 is 5.32 Å². The van der Waals surface area contributed by atoms with Gasteiger partial charge in [-0.05, 0) is 41.2 Å². The number of hydrogen-bond acceptors (Lipinski definition) is 5. The topological polar surface area (TPSA) is 76.9 Å². The number of nitrogens with zero attached hydrogens (tertiary/aromatic N) is 3. The molecular formula is C24H26N4O2S. The van der Waals surface area contributed by atoms with Gasteiger partial charge in [0.25, 0.3) is 0 Å². The highest BCUT2D eigenvalue weighted by Crippen LogP contribution is 2.28. The summed E-state index contributed by atoms with van der Waals surface area (Å²) in [5.41, 5.74) is 4.83. The zero-order valence-corrected chi connectivity index (χ0v) is 19.0. The first-order chi connectivity index (χ1) is 14.7. The van der Waals surface area contributed by atoms with Crippen LogP contribution in [-0.2, 0) is 23.7 Å². The molecule has 1 amide bonds. The van der Waals surface area contributed by atoms with E-state index in [2.05, 4.69) is 60.6 Å². The fraction of sp³-hybridized carbons (Fsp3) is 0.333. The van der Waals surface area contributed by atoms with Crippen LogP contribution in [0, 0.1) is 0 Å². The molecule has 2 heterocycles. The third-order valence-electron chi connectivity index (χ3n) is 5.50. The maximum Gasteiger partial charge on any atom is 0.224 e. The van der Waals surface area contributed by atoms with Gasteiger partial charge in [-0.1, -0.05) is 56.8 Å². The normalized spacial score (nSPS) is 13.6. The van der Waals surface area contributed by atoms with Gasteiger partial charge in [0.15, 0.2) is 16.8 Å². The molecule has 2 aromatic carbocycles. The summed E-state index contributed by atoms with van der Waals surface area (Å²) in [7, 11) is 1.92. The SMILES string of the molecule is Cn1c(SCC(=O)c2ccc3c(c2)CCC(=O)N3)nnc1-c1ccc(C(C)(C)C)cc1. The third-order valence-corrected chi connectivity index (χ3v) is 6.52. The predicted octanol–water partition coefficient (Wildman–Crippen LogP) is 4.64. The van der Waals surface area contributed by atoms with E-state index in [1.165, 1.54) is 17.3 Å². The second kappa shape index (κ2) is 8.30. The summed E-state index contributed by atoms with van der Waals surface area (Å²) >= 11 is 1.38. The highest BCUT2D eigenvalue weighted by Gasteiger charge is 2.19. The van der Waals surface area contributed by atoms with Gasteiger partial charge in [0, 0.05) is 30.3 Å². The monoisotopic (exact) mass is 434 g/mol. The molecule has 7 heteroatoms. The Morgan fingerprint density at radius 1 is 1.10 bits per heavy atom. The Labute approximate surface area is 186 Å². The fourth-order valence-corrected chi connectivity index (χ4v) is 4.39. The Morgan fingerprint density at radius 2 is 1.84 bits per heavy atom. The van der Waals surface area contributed by atoms with Crippen LogP contribution in [0.1, 0.15) is 48.7 Å². The van der Waals surface area contributed by atoms with Crippen LogP contribution in [0.5, 0.6) is 0 Å². The van der Waals surface area contributed by atoms with Gasteiger partial charge in [-0.3, -0.25) is 9.59 Å². The minimum absolute atomic E-state index is 0.0215. The molecule has 4 rings (SSSR count). The zero-order valence-electron chi connectivity index (χ0n) is 18.2. The van der Waals surface area contributed by atoms with Crippen LogP contribution in [0.15, 0.2) is 47.6 Å². The average molecular weight is 435 g/mol. The van der Waals surface area contributed by atoms with E-state index >= 15 is 0 Å². The number of benzene rings is 2. The number of ketones is 1. The number of fused-ring (bicyclic) bond motifs is 1. The Morgan fingerprint density at radius 3 is 2.55 bits per heavy atom. The van der Waals surface area contributed by atoms with Gasteiger partial charge in [0.1, 0.15) is 0 Å². The molecule has 3 aromatic rings. The quantitative estimate of drug-likeness (QED) is 0.468. The van der Waals surface area contributed by atoms with E-state index in [1.807, 2.05) is 23.7 Å². The Balaban J connectivity index is 1.45. The smallest absolute Gasteiger partial charge is 0.224 e. The van der Waals surface area contributed by atoms with Crippen LogP contribution in [0.4, 0.5) is 5.69 Å². The van der Waals surface area contributed by atoms with Crippen LogP contribution in [0.3, 0.4) is 0 Å². The number of aromatic nitrogens is 3. The van der Waals surface area contributed by atoms with Gasteiger partial charge in [-0.25, -0.2) is 0 Å². The molecule has 0 atom stereocenters. The van der Waals surface area contributed by atoms with Crippen molar-refractivity contribution in [1.29, 1.82) is 0 Å². The predicted molar refractivity (Wildman–Crippen MR) is 124 cm³/mol. The van der Waals surface area contributed by atoms with E-state index in [4.69, 9.17) is 0 Å². The molecular weight excluding hydrogens is 408 g/mol. The van der Waals surface area contributed by atoms with Gasteiger partial charge in [-0.2, -0.15) is 0 Å². The molecule has 0 saturated heterocycles. The van der Waals surface area contributed by atoms with Crippen LogP contribution in [0.25, 0.3) is 11.4 Å². The van der Waals surface area contributed by atoms with Crippen molar-refractivity contribution in [1.82, 2.24) is 14.8 Å². The summed E-state index contributed by atoms with van der Waals surface area (Å²) in [5, 5.41) is 12.2. The largest absolute Gasteiger partial charge is 0.326 e. The number of hydrogen-bond donors (Lipinski definition) is 1. The minimum atomic E-state index is 0.0215. The number of nitrogens with one attached hydrogen (secondary N) is 1. The summed E-state index contributed by atoms with van der Waals surface area (Å²) in [6.45, 7) is 6.57. The van der Waals surface area contributed by atoms with E-state index in [1.54, 1.807) is 6.07 Å². The highest BCUT2D eigenvalue weighted by atomic mass is 32.2. The summed E-state index contributed by atoms with van der Waals surface area (Å²) in [6.07, 6.45) is 1.12. The molecule has 1 aromatic heterocycles. The first-order valence-corrected chi connectivity index (χ1v) is 11.3. The first kappa shape index (κ1) is 21.3. The lowest BCUT2D eigenvalue weighted by atomic mass is 9.87. The number of carbonyl (C=O) groups excluding carboxylic acids is 2. The molecule has 0 bridgehead atoms. The number of amides is 1. The van der Waals surface area contributed by atoms with Gasteiger partial charge < -0.3 is 9.88 Å². The molecule has 160 valence electrons. The molecule has 0 unspecified atom stereocenters. The molecule has 1 aliphatic rings. The molecule has 0 spiro atoms. The number of anilines is 1. The van der Waals surface area contributed by atoms with Crippen LogP contribution in [-0.4, -0.2) is 32.2 Å². The molecule has 0 saturated carbocycles. The number of aryl methyl sites for hydroxylation is 1. The van der Waals surface area contributed by atoms with E-state index in [0.29, 0.717) is 23.6 Å². The van der Waals surface area contributed by atoms with Crippen LogP contribution >= 0.6 is 11.8 Å². The Hall–Kier alpha value is -2.93. The second-order valence-electron chi connectivity index (χ2n) is 8.82. The van der Waals surface area contributed by atoms with E-state index in [9.17, 15) is 9.59 Å². The summed E-state index contributed by atoms with van der Waals surface area (Å²) in [4.78, 5) is 24.2. The molecule has 0 aliphatic carbocycles. The van der Waals surface area contributed by atoms with Crippen molar-refractivity contribution in [3.8, 4) is 11.4 Å². The lowest BCUT2D eigenvalue weighted by Gasteiger charge is -2.19. The summed E-state index contributed by atoms with van der Waals surface area (Å²) in [5.74, 6) is 1.11. The van der Waals surface area contributed by atoms with Gasteiger partial charge in [0.05, 0.1) is 5.75 Å². The molecule has 1 N–H and O–H groups in total. The molecule has 6 nitrogen and oxygen atoms in total. The van der Waals surface area contributed by atoms with E-state index in [-0.39, 0.29) is 22.9 Å². The molecule has 31 heavy (non-hydrogen) atoms. The standard InChI is InChI=1S/C24H26N4O2S/c1-24(2,3)18-9-5-15(6-10-18)22-26-27-23(28(22)4)31-14-20(29)17-7-11-19-16(13-17)8-12-21(30)25-19/h5-7,9-11,13H,8,12,14H2,1-4H3,(H,25,30). The van der Waals surface area contributed by atoms with Crippen molar-refractivity contribution < 1.29 is 9.59 Å². The molecule has 0 fully saturated rings. The van der Waals surface area contributed by atoms with E-state index in [0.717, 1.165) is 22.6 Å². The zero-order chi connectivity index (χ0) is 22.2. The third kappa shape index (κ3) is 4.56. The summed E-state index contributed by atoms with van der Waals surface area (Å²) < 4.78 is 1.92. The van der Waals surface area contributed by atoms with Gasteiger partial charge in [0.2, 0.25) is 5.91 Å². The van der Waals surface area contributed by atoms with E-state index < -0.39 is 0 Å². The van der Waals surface area contributed by atoms with Crippen molar-refractivity contribution in [2.75, 3.05) is 11.1 Å². The minimum Gasteiger partial charge on any atom is -0.326 e. The maximum absolute atomic E-state index is 12.7. The Bertz CT molecular complexity index is 1140. The first-order valence-electron chi connectivity index (χ1n) is 10.3.